The molecule has 1 unspecified atom stereocenters. The molecule has 29 heavy (non-hydrogen) atoms. The lowest BCUT2D eigenvalue weighted by molar-refractivity contribution is 0.459. The molecule has 1 aliphatic rings. The number of halogens is 1. The van der Waals surface area contributed by atoms with E-state index in [2.05, 4.69) is 55.9 Å². The molecule has 1 N–H and O–H groups in total. The maximum atomic E-state index is 4.50. The number of aromatic nitrogens is 4. The van der Waals surface area contributed by atoms with Crippen LogP contribution in [0.5, 0.6) is 0 Å². The van der Waals surface area contributed by atoms with Gasteiger partial charge in [-0.15, -0.1) is 24.0 Å². The molecule has 1 aliphatic heterocycles. The van der Waals surface area contributed by atoms with Crippen molar-refractivity contribution in [2.75, 3.05) is 20.1 Å². The third-order valence-corrected chi connectivity index (χ3v) is 5.21. The highest BCUT2D eigenvalue weighted by atomic mass is 127. The lowest BCUT2D eigenvalue weighted by Gasteiger charge is -2.22. The van der Waals surface area contributed by atoms with Crippen LogP contribution in [0.2, 0.25) is 0 Å². The molecule has 1 saturated heterocycles. The predicted molar refractivity (Wildman–Crippen MR) is 126 cm³/mol. The van der Waals surface area contributed by atoms with Gasteiger partial charge in [0.1, 0.15) is 0 Å². The number of guanidine groups is 1. The summed E-state index contributed by atoms with van der Waals surface area (Å²) in [5.74, 6) is 1.61. The highest BCUT2D eigenvalue weighted by Gasteiger charge is 2.25. The number of aryl methyl sites for hydroxylation is 1. The molecule has 0 saturated carbocycles. The normalized spacial score (nSPS) is 16.7. The molecule has 1 aromatic carbocycles. The summed E-state index contributed by atoms with van der Waals surface area (Å²) in [7, 11) is 3.83. The van der Waals surface area contributed by atoms with Crippen LogP contribution in [0.4, 0.5) is 0 Å². The van der Waals surface area contributed by atoms with Gasteiger partial charge in [-0.2, -0.15) is 10.2 Å². The summed E-state index contributed by atoms with van der Waals surface area (Å²) < 4.78 is 3.75. The summed E-state index contributed by atoms with van der Waals surface area (Å²) in [6, 6.07) is 10.3. The molecule has 0 bridgehead atoms. The molecule has 7 nitrogen and oxygen atoms in total. The average Bonchev–Trinajstić information content (AvgIpc) is 3.46. The first-order chi connectivity index (χ1) is 13.7. The van der Waals surface area contributed by atoms with Crippen LogP contribution in [0, 0.1) is 5.92 Å². The van der Waals surface area contributed by atoms with E-state index in [4.69, 9.17) is 0 Å². The second-order valence-electron chi connectivity index (χ2n) is 7.35. The molecule has 1 atom stereocenters. The first-order valence-corrected chi connectivity index (χ1v) is 9.73. The molecule has 154 valence electrons. The van der Waals surface area contributed by atoms with Crippen LogP contribution in [-0.2, 0) is 20.0 Å². The Kier molecular flexibility index (Phi) is 7.29. The van der Waals surface area contributed by atoms with Crippen LogP contribution in [0.15, 0.2) is 60.1 Å². The zero-order chi connectivity index (χ0) is 19.3. The lowest BCUT2D eigenvalue weighted by Crippen LogP contribution is -2.39. The van der Waals surface area contributed by atoms with Crippen molar-refractivity contribution in [3.05, 3.63) is 66.2 Å². The van der Waals surface area contributed by atoms with E-state index < -0.39 is 0 Å². The molecule has 1 fully saturated rings. The number of likely N-dealkylation sites (tertiary alicyclic amines) is 1. The number of nitrogens with one attached hydrogen (secondary N) is 1. The van der Waals surface area contributed by atoms with Crippen LogP contribution < -0.4 is 5.32 Å². The fourth-order valence-electron chi connectivity index (χ4n) is 3.85. The molecular weight excluding hydrogens is 477 g/mol. The summed E-state index contributed by atoms with van der Waals surface area (Å²) in [6.45, 7) is 2.81. The van der Waals surface area contributed by atoms with Gasteiger partial charge in [-0.1, -0.05) is 12.1 Å². The molecule has 3 heterocycles. The van der Waals surface area contributed by atoms with Gasteiger partial charge >= 0.3 is 0 Å². The smallest absolute Gasteiger partial charge is 0.193 e. The highest BCUT2D eigenvalue weighted by molar-refractivity contribution is 14.0. The van der Waals surface area contributed by atoms with Crippen LogP contribution in [0.3, 0.4) is 0 Å². The largest absolute Gasteiger partial charge is 0.352 e. The zero-order valence-electron chi connectivity index (χ0n) is 16.9. The van der Waals surface area contributed by atoms with Crippen LogP contribution in [-0.4, -0.2) is 50.6 Å². The Morgan fingerprint density at radius 3 is 2.86 bits per heavy atom. The fourth-order valence-corrected chi connectivity index (χ4v) is 3.85. The van der Waals surface area contributed by atoms with E-state index in [9.17, 15) is 0 Å². The summed E-state index contributed by atoms with van der Waals surface area (Å²) in [6.07, 6.45) is 10.1. The van der Waals surface area contributed by atoms with E-state index in [-0.39, 0.29) is 24.0 Å². The van der Waals surface area contributed by atoms with E-state index >= 15 is 0 Å². The van der Waals surface area contributed by atoms with E-state index in [0.29, 0.717) is 5.92 Å². The highest BCUT2D eigenvalue weighted by Crippen LogP contribution is 2.21. The standard InChI is InChI=1S/C21H27N7.HI/c1-22-21(27-10-7-18(16-27)11-19-14-25-26(2)15-19)23-13-17-5-3-6-20(12-17)28-9-4-8-24-28;/h3-6,8-9,12,14-15,18H,7,10-11,13,16H2,1-2H3,(H,22,23);1H. The summed E-state index contributed by atoms with van der Waals surface area (Å²) in [4.78, 5) is 6.86. The fraction of sp³-hybridized carbons (Fsp3) is 0.381. The van der Waals surface area contributed by atoms with Gasteiger partial charge in [-0.25, -0.2) is 4.68 Å². The Hall–Kier alpha value is -2.36. The third kappa shape index (κ3) is 5.37. The number of hydrogen-bond donors (Lipinski definition) is 1. The van der Waals surface area contributed by atoms with E-state index in [1.165, 1.54) is 17.5 Å². The zero-order valence-corrected chi connectivity index (χ0v) is 19.2. The number of nitrogens with zero attached hydrogens (tertiary/aromatic N) is 6. The maximum absolute atomic E-state index is 4.50. The van der Waals surface area contributed by atoms with Gasteiger partial charge in [-0.3, -0.25) is 9.67 Å². The number of hydrogen-bond acceptors (Lipinski definition) is 3. The Labute approximate surface area is 188 Å². The number of benzene rings is 1. The van der Waals surface area contributed by atoms with Crippen molar-refractivity contribution in [2.24, 2.45) is 18.0 Å². The Morgan fingerprint density at radius 2 is 2.14 bits per heavy atom. The first-order valence-electron chi connectivity index (χ1n) is 9.73. The summed E-state index contributed by atoms with van der Waals surface area (Å²) in [5.41, 5.74) is 3.59. The van der Waals surface area contributed by atoms with E-state index in [1.54, 1.807) is 6.20 Å². The van der Waals surface area contributed by atoms with Gasteiger partial charge in [-0.05, 0) is 48.1 Å². The van der Waals surface area contributed by atoms with Gasteiger partial charge < -0.3 is 10.2 Å². The van der Waals surface area contributed by atoms with Crippen molar-refractivity contribution in [3.8, 4) is 5.69 Å². The van der Waals surface area contributed by atoms with Crippen LogP contribution in [0.1, 0.15) is 17.5 Å². The van der Waals surface area contributed by atoms with Gasteiger partial charge in [0.25, 0.3) is 0 Å². The second kappa shape index (κ2) is 9.91. The van der Waals surface area contributed by atoms with E-state index in [1.807, 2.05) is 41.9 Å². The average molecular weight is 505 g/mol. The van der Waals surface area contributed by atoms with Crippen molar-refractivity contribution in [1.82, 2.24) is 29.8 Å². The summed E-state index contributed by atoms with van der Waals surface area (Å²) >= 11 is 0. The van der Waals surface area contributed by atoms with Crippen molar-refractivity contribution in [3.63, 3.8) is 0 Å². The van der Waals surface area contributed by atoms with Crippen LogP contribution >= 0.6 is 24.0 Å². The molecule has 4 rings (SSSR count). The molecule has 0 radical (unpaired) electrons. The van der Waals surface area contributed by atoms with Gasteiger partial charge in [0, 0.05) is 52.3 Å². The quantitative estimate of drug-likeness (QED) is 0.329. The van der Waals surface area contributed by atoms with Crippen molar-refractivity contribution in [1.29, 1.82) is 0 Å². The van der Waals surface area contributed by atoms with E-state index in [0.717, 1.165) is 37.7 Å². The number of aliphatic imine (C=N–C) groups is 1. The first kappa shape index (κ1) is 21.4. The molecule has 0 amide bonds. The van der Waals surface area contributed by atoms with Gasteiger partial charge in [0.2, 0.25) is 0 Å². The molecular formula is C21H28IN7. The molecule has 0 spiro atoms. The second-order valence-corrected chi connectivity index (χ2v) is 7.35. The lowest BCUT2D eigenvalue weighted by atomic mass is 10.0. The van der Waals surface area contributed by atoms with Gasteiger partial charge in [0.05, 0.1) is 11.9 Å². The van der Waals surface area contributed by atoms with Crippen molar-refractivity contribution in [2.45, 2.75) is 19.4 Å². The molecule has 2 aromatic heterocycles. The molecule has 0 aliphatic carbocycles. The summed E-state index contributed by atoms with van der Waals surface area (Å²) in [5, 5.41) is 12.1. The topological polar surface area (TPSA) is 63.3 Å². The predicted octanol–water partition coefficient (Wildman–Crippen LogP) is 2.86. The molecule has 3 aromatic rings. The van der Waals surface area contributed by atoms with Crippen molar-refractivity contribution >= 4 is 29.9 Å². The van der Waals surface area contributed by atoms with Gasteiger partial charge in [0.15, 0.2) is 5.96 Å². The SMILES string of the molecule is CN=C(NCc1cccc(-n2cccn2)c1)N1CCC(Cc2cnn(C)c2)C1.I. The Bertz CT molecular complexity index is 932. The third-order valence-electron chi connectivity index (χ3n) is 5.21. The monoisotopic (exact) mass is 505 g/mol. The minimum absolute atomic E-state index is 0. The maximum Gasteiger partial charge on any atom is 0.193 e. The van der Waals surface area contributed by atoms with Crippen LogP contribution in [0.25, 0.3) is 5.69 Å². The van der Waals surface area contributed by atoms with Crippen molar-refractivity contribution < 1.29 is 0 Å². The minimum Gasteiger partial charge on any atom is -0.352 e. The Morgan fingerprint density at radius 1 is 1.24 bits per heavy atom. The minimum atomic E-state index is 0. The molecule has 8 heteroatoms. The Balaban J connectivity index is 0.00000240. The number of rotatable bonds is 5.